The van der Waals surface area contributed by atoms with Crippen LogP contribution in [0.5, 0.6) is 5.75 Å². The van der Waals surface area contributed by atoms with Gasteiger partial charge in [0.1, 0.15) is 11.3 Å². The summed E-state index contributed by atoms with van der Waals surface area (Å²) in [6.07, 6.45) is 4.71. The fraction of sp³-hybridized carbons (Fsp3) is 0.114. The lowest BCUT2D eigenvalue weighted by molar-refractivity contribution is 0.323. The van der Waals surface area contributed by atoms with Gasteiger partial charge in [0.15, 0.2) is 9.84 Å². The van der Waals surface area contributed by atoms with Crippen molar-refractivity contribution >= 4 is 9.84 Å². The molecule has 5 nitrogen and oxygen atoms in total. The van der Waals surface area contributed by atoms with E-state index in [9.17, 15) is 8.42 Å². The van der Waals surface area contributed by atoms with Gasteiger partial charge in [0.05, 0.1) is 30.1 Å². The first-order valence-electron chi connectivity index (χ1n) is 16.8. The van der Waals surface area contributed by atoms with Gasteiger partial charge in [-0.2, -0.15) is 0 Å². The molecule has 7 aromatic rings. The molecule has 0 saturated carbocycles. The van der Waals surface area contributed by atoms with Crippen LogP contribution in [0.25, 0.3) is 11.3 Å². The number of rotatable bonds is 13. The highest BCUT2D eigenvalue weighted by Crippen LogP contribution is 2.42. The number of hydrogen-bond acceptors (Lipinski definition) is 4. The number of para-hydroxylation sites is 1. The minimum Gasteiger partial charge on any atom is -0.493 e. The van der Waals surface area contributed by atoms with Gasteiger partial charge in [-0.15, -0.1) is 0 Å². The van der Waals surface area contributed by atoms with Crippen LogP contribution in [0.2, 0.25) is 0 Å². The Morgan fingerprint density at radius 1 is 0.540 bits per heavy atom. The third-order valence-electron chi connectivity index (χ3n) is 8.99. The topological polar surface area (TPSA) is 61.2 Å². The molecule has 0 aliphatic carbocycles. The van der Waals surface area contributed by atoms with Gasteiger partial charge in [-0.3, -0.25) is 0 Å². The highest BCUT2D eigenvalue weighted by molar-refractivity contribution is 7.89. The third-order valence-corrected chi connectivity index (χ3v) is 10.5. The van der Waals surface area contributed by atoms with Crippen LogP contribution in [0.3, 0.4) is 0 Å². The standard InChI is InChI=1S/C44H38N2O3S/c47-50(48,32-36-15-5-1-6-16-36)33-37-27-25-35(26-28-37)29-30-49-43-24-14-13-23-41(43)42-31-46(34-45-42)44(38-17-7-2-8-18-38,39-19-9-3-10-20-39)40-21-11-4-12-22-40/h1-28,31,34H,29-30,32-33H2. The smallest absolute Gasteiger partial charge is 0.158 e. The summed E-state index contributed by atoms with van der Waals surface area (Å²) in [5.41, 5.74) is 7.12. The van der Waals surface area contributed by atoms with E-state index in [1.54, 1.807) is 0 Å². The Morgan fingerprint density at radius 2 is 1.00 bits per heavy atom. The predicted molar refractivity (Wildman–Crippen MR) is 201 cm³/mol. The van der Waals surface area contributed by atoms with Crippen LogP contribution in [0, 0.1) is 0 Å². The first-order chi connectivity index (χ1) is 24.5. The average molecular weight is 675 g/mol. The first kappa shape index (κ1) is 32.8. The molecule has 6 heteroatoms. The molecule has 0 radical (unpaired) electrons. The van der Waals surface area contributed by atoms with Gasteiger partial charge in [-0.05, 0) is 45.5 Å². The van der Waals surface area contributed by atoms with E-state index in [1.165, 1.54) is 0 Å². The Bertz CT molecular complexity index is 2140. The summed E-state index contributed by atoms with van der Waals surface area (Å²) in [7, 11) is -3.27. The maximum Gasteiger partial charge on any atom is 0.158 e. The molecular weight excluding hydrogens is 637 g/mol. The lowest BCUT2D eigenvalue weighted by Crippen LogP contribution is -2.36. The maximum atomic E-state index is 12.8. The number of aromatic nitrogens is 2. The summed E-state index contributed by atoms with van der Waals surface area (Å²) in [5, 5.41) is 0. The van der Waals surface area contributed by atoms with Crippen molar-refractivity contribution < 1.29 is 13.2 Å². The molecule has 0 unspecified atom stereocenters. The Kier molecular flexibility index (Phi) is 9.72. The molecule has 0 saturated heterocycles. The zero-order valence-electron chi connectivity index (χ0n) is 27.7. The molecule has 1 aromatic heterocycles. The molecule has 1 heterocycles. The van der Waals surface area contributed by atoms with Crippen LogP contribution in [0.4, 0.5) is 0 Å². The molecule has 0 aliphatic rings. The largest absolute Gasteiger partial charge is 0.493 e. The van der Waals surface area contributed by atoms with Gasteiger partial charge in [0, 0.05) is 18.2 Å². The number of sulfone groups is 1. The first-order valence-corrected chi connectivity index (χ1v) is 18.6. The maximum absolute atomic E-state index is 12.8. The average Bonchev–Trinajstić information content (AvgIpc) is 3.65. The lowest BCUT2D eigenvalue weighted by atomic mass is 9.77. The van der Waals surface area contributed by atoms with E-state index < -0.39 is 15.4 Å². The van der Waals surface area contributed by atoms with Crippen molar-refractivity contribution in [2.45, 2.75) is 23.5 Å². The molecule has 0 N–H and O–H groups in total. The Morgan fingerprint density at radius 3 is 1.56 bits per heavy atom. The minimum atomic E-state index is -3.27. The van der Waals surface area contributed by atoms with Crippen LogP contribution in [0.15, 0.2) is 182 Å². The number of hydrogen-bond donors (Lipinski definition) is 0. The number of nitrogens with zero attached hydrogens (tertiary/aromatic N) is 2. The van der Waals surface area contributed by atoms with Gasteiger partial charge >= 0.3 is 0 Å². The van der Waals surface area contributed by atoms with E-state index in [-0.39, 0.29) is 11.5 Å². The molecule has 50 heavy (non-hydrogen) atoms. The normalized spacial score (nSPS) is 11.7. The van der Waals surface area contributed by atoms with Gasteiger partial charge in [0.25, 0.3) is 0 Å². The number of benzene rings is 6. The molecule has 248 valence electrons. The van der Waals surface area contributed by atoms with Crippen LogP contribution in [0.1, 0.15) is 33.4 Å². The molecular formula is C44H38N2O3S. The molecule has 0 atom stereocenters. The van der Waals surface area contributed by atoms with Crippen molar-refractivity contribution in [2.24, 2.45) is 0 Å². The second-order valence-electron chi connectivity index (χ2n) is 12.4. The summed E-state index contributed by atoms with van der Waals surface area (Å²) in [4.78, 5) is 4.95. The van der Waals surface area contributed by atoms with Crippen molar-refractivity contribution in [2.75, 3.05) is 6.61 Å². The van der Waals surface area contributed by atoms with Gasteiger partial charge in [-0.1, -0.05) is 158 Å². The minimum absolute atomic E-state index is 0.0127. The van der Waals surface area contributed by atoms with Crippen LogP contribution in [-0.2, 0) is 33.3 Å². The highest BCUT2D eigenvalue weighted by atomic mass is 32.2. The van der Waals surface area contributed by atoms with Gasteiger partial charge in [-0.25, -0.2) is 13.4 Å². The van der Waals surface area contributed by atoms with E-state index in [4.69, 9.17) is 9.72 Å². The number of ether oxygens (including phenoxy) is 1. The Balaban J connectivity index is 1.11. The fourth-order valence-corrected chi connectivity index (χ4v) is 8.15. The summed E-state index contributed by atoms with van der Waals surface area (Å²) in [5.74, 6) is 0.803. The molecule has 6 aromatic carbocycles. The zero-order valence-corrected chi connectivity index (χ0v) is 28.5. The van der Waals surface area contributed by atoms with Crippen molar-refractivity contribution in [1.82, 2.24) is 9.55 Å². The van der Waals surface area contributed by atoms with Crippen molar-refractivity contribution in [3.8, 4) is 17.0 Å². The molecule has 0 spiro atoms. The monoisotopic (exact) mass is 674 g/mol. The predicted octanol–water partition coefficient (Wildman–Crippen LogP) is 9.13. The second kappa shape index (κ2) is 14.8. The molecule has 7 rings (SSSR count). The SMILES string of the molecule is O=S(=O)(Cc1ccccc1)Cc1ccc(CCOc2ccccc2-c2cn(C(c3ccccc3)(c3ccccc3)c3ccccc3)cn2)cc1. The highest BCUT2D eigenvalue weighted by Gasteiger charge is 2.38. The lowest BCUT2D eigenvalue weighted by Gasteiger charge is -2.37. The van der Waals surface area contributed by atoms with Gasteiger partial charge < -0.3 is 9.30 Å². The molecule has 0 fully saturated rings. The summed E-state index contributed by atoms with van der Waals surface area (Å²) in [6, 6.07) is 56.7. The Hall–Kier alpha value is -5.72. The van der Waals surface area contributed by atoms with Crippen molar-refractivity contribution in [1.29, 1.82) is 0 Å². The van der Waals surface area contributed by atoms with Crippen LogP contribution in [-0.4, -0.2) is 24.6 Å². The molecule has 0 aliphatic heterocycles. The van der Waals surface area contributed by atoms with E-state index >= 15 is 0 Å². The van der Waals surface area contributed by atoms with Crippen LogP contribution < -0.4 is 4.74 Å². The summed E-state index contributed by atoms with van der Waals surface area (Å²) < 4.78 is 34.1. The summed E-state index contributed by atoms with van der Waals surface area (Å²) >= 11 is 0. The van der Waals surface area contributed by atoms with Crippen molar-refractivity contribution in [3.63, 3.8) is 0 Å². The van der Waals surface area contributed by atoms with Crippen LogP contribution >= 0.6 is 0 Å². The zero-order chi connectivity index (χ0) is 34.2. The fourth-order valence-electron chi connectivity index (χ4n) is 6.65. The van der Waals surface area contributed by atoms with E-state index in [1.807, 2.05) is 103 Å². The van der Waals surface area contributed by atoms with E-state index in [0.29, 0.717) is 13.0 Å². The number of imidazole rings is 1. The van der Waals surface area contributed by atoms with E-state index in [2.05, 4.69) is 83.6 Å². The Labute approximate surface area is 294 Å². The second-order valence-corrected chi connectivity index (χ2v) is 14.5. The summed E-state index contributed by atoms with van der Waals surface area (Å²) in [6.45, 7) is 0.464. The van der Waals surface area contributed by atoms with Crippen molar-refractivity contribution in [3.05, 3.63) is 216 Å². The molecule has 0 bridgehead atoms. The third kappa shape index (κ3) is 7.16. The quantitative estimate of drug-likeness (QED) is 0.115. The molecule has 0 amide bonds. The van der Waals surface area contributed by atoms with E-state index in [0.717, 1.165) is 50.4 Å². The van der Waals surface area contributed by atoms with Gasteiger partial charge in [0.2, 0.25) is 0 Å².